The van der Waals surface area contributed by atoms with Crippen LogP contribution in [0.4, 0.5) is 5.69 Å². The molecule has 3 heteroatoms. The smallest absolute Gasteiger partial charge is 0.224 e. The highest BCUT2D eigenvalue weighted by Gasteiger charge is 2.11. The van der Waals surface area contributed by atoms with E-state index in [-0.39, 0.29) is 5.91 Å². The number of carbonyl (C=O) groups excluding carboxylic acids is 1. The maximum absolute atomic E-state index is 11.8. The van der Waals surface area contributed by atoms with Crippen LogP contribution in [0.3, 0.4) is 0 Å². The molecule has 1 rings (SSSR count). The van der Waals surface area contributed by atoms with E-state index in [1.165, 1.54) is 5.56 Å². The van der Waals surface area contributed by atoms with Crippen LogP contribution >= 0.6 is 0 Å². The molecule has 0 aliphatic carbocycles. The van der Waals surface area contributed by atoms with E-state index in [4.69, 9.17) is 5.73 Å². The van der Waals surface area contributed by atoms with Crippen molar-refractivity contribution in [1.82, 2.24) is 0 Å². The Hall–Kier alpha value is -1.35. The van der Waals surface area contributed by atoms with Crippen molar-refractivity contribution >= 4 is 11.6 Å². The summed E-state index contributed by atoms with van der Waals surface area (Å²) in [6, 6.07) is 7.82. The Balaban J connectivity index is 2.46. The lowest BCUT2D eigenvalue weighted by Crippen LogP contribution is -2.22. The van der Waals surface area contributed by atoms with Gasteiger partial charge in [-0.1, -0.05) is 31.0 Å². The summed E-state index contributed by atoms with van der Waals surface area (Å²) in [6.07, 6.45) is 2.59. The van der Waals surface area contributed by atoms with Gasteiger partial charge in [0.1, 0.15) is 0 Å². The number of amides is 1. The fourth-order valence-electron chi connectivity index (χ4n) is 1.82. The first-order valence-electron chi connectivity index (χ1n) is 6.22. The molecule has 1 aromatic carbocycles. The molecule has 0 aromatic heterocycles. The van der Waals surface area contributed by atoms with Crippen molar-refractivity contribution in [3.05, 3.63) is 29.8 Å². The van der Waals surface area contributed by atoms with Gasteiger partial charge in [0.2, 0.25) is 5.91 Å². The maximum atomic E-state index is 11.8. The zero-order chi connectivity index (χ0) is 12.7. The normalized spacial score (nSPS) is 12.2. The minimum atomic E-state index is 0.0535. The molecule has 94 valence electrons. The van der Waals surface area contributed by atoms with Crippen molar-refractivity contribution in [1.29, 1.82) is 0 Å². The van der Waals surface area contributed by atoms with E-state index >= 15 is 0 Å². The van der Waals surface area contributed by atoms with E-state index in [0.717, 1.165) is 18.5 Å². The SMILES string of the molecule is CCCC(CN)CC(=O)Nc1ccc(C)cc1. The molecule has 0 saturated heterocycles. The van der Waals surface area contributed by atoms with Crippen LogP contribution in [0.15, 0.2) is 24.3 Å². The van der Waals surface area contributed by atoms with Crippen LogP contribution in [0.1, 0.15) is 31.7 Å². The van der Waals surface area contributed by atoms with Gasteiger partial charge in [0.05, 0.1) is 0 Å². The van der Waals surface area contributed by atoms with Gasteiger partial charge in [-0.15, -0.1) is 0 Å². The van der Waals surface area contributed by atoms with Gasteiger partial charge in [0, 0.05) is 12.1 Å². The molecular weight excluding hydrogens is 212 g/mol. The molecule has 0 heterocycles. The Labute approximate surface area is 103 Å². The number of aryl methyl sites for hydroxylation is 1. The Morgan fingerprint density at radius 2 is 2.00 bits per heavy atom. The van der Waals surface area contributed by atoms with Crippen LogP contribution in [0.2, 0.25) is 0 Å². The third-order valence-electron chi connectivity index (χ3n) is 2.84. The van der Waals surface area contributed by atoms with Crippen molar-refractivity contribution in [2.45, 2.75) is 33.1 Å². The second-order valence-corrected chi connectivity index (χ2v) is 4.51. The average Bonchev–Trinajstić information content (AvgIpc) is 2.31. The summed E-state index contributed by atoms with van der Waals surface area (Å²) in [4.78, 5) is 11.8. The van der Waals surface area contributed by atoms with E-state index in [0.29, 0.717) is 18.9 Å². The average molecular weight is 234 g/mol. The number of hydrogen-bond acceptors (Lipinski definition) is 2. The van der Waals surface area contributed by atoms with Crippen LogP contribution in [0.5, 0.6) is 0 Å². The van der Waals surface area contributed by atoms with Gasteiger partial charge in [-0.05, 0) is 37.9 Å². The number of nitrogens with one attached hydrogen (secondary N) is 1. The van der Waals surface area contributed by atoms with E-state index < -0.39 is 0 Å². The molecule has 0 radical (unpaired) electrons. The Bertz CT molecular complexity index is 346. The number of hydrogen-bond donors (Lipinski definition) is 2. The third-order valence-corrected chi connectivity index (χ3v) is 2.84. The Kier molecular flexibility index (Phi) is 5.70. The lowest BCUT2D eigenvalue weighted by atomic mass is 9.99. The predicted molar refractivity (Wildman–Crippen MR) is 71.9 cm³/mol. The summed E-state index contributed by atoms with van der Waals surface area (Å²) in [6.45, 7) is 4.72. The molecule has 0 aliphatic heterocycles. The maximum Gasteiger partial charge on any atom is 0.224 e. The number of carbonyl (C=O) groups is 1. The topological polar surface area (TPSA) is 55.1 Å². The standard InChI is InChI=1S/C14H22N2O/c1-3-4-12(10-15)9-14(17)16-13-7-5-11(2)6-8-13/h5-8,12H,3-4,9-10,15H2,1-2H3,(H,16,17). The monoisotopic (exact) mass is 234 g/mol. The Morgan fingerprint density at radius 1 is 1.35 bits per heavy atom. The molecule has 3 N–H and O–H groups in total. The second kappa shape index (κ2) is 7.07. The summed E-state index contributed by atoms with van der Waals surface area (Å²) in [5.74, 6) is 0.350. The fourth-order valence-corrected chi connectivity index (χ4v) is 1.82. The van der Waals surface area contributed by atoms with Crippen LogP contribution in [0.25, 0.3) is 0 Å². The van der Waals surface area contributed by atoms with Gasteiger partial charge in [0.25, 0.3) is 0 Å². The van der Waals surface area contributed by atoms with Gasteiger partial charge in [-0.2, -0.15) is 0 Å². The lowest BCUT2D eigenvalue weighted by Gasteiger charge is -2.13. The van der Waals surface area contributed by atoms with Crippen LogP contribution in [0, 0.1) is 12.8 Å². The highest BCUT2D eigenvalue weighted by atomic mass is 16.1. The number of benzene rings is 1. The van der Waals surface area contributed by atoms with Crippen LogP contribution in [-0.4, -0.2) is 12.5 Å². The number of nitrogens with two attached hydrogens (primary N) is 1. The van der Waals surface area contributed by atoms with Crippen LogP contribution < -0.4 is 11.1 Å². The molecule has 0 aliphatic rings. The zero-order valence-electron chi connectivity index (χ0n) is 10.7. The second-order valence-electron chi connectivity index (χ2n) is 4.51. The van der Waals surface area contributed by atoms with Gasteiger partial charge >= 0.3 is 0 Å². The molecule has 0 spiro atoms. The first-order valence-corrected chi connectivity index (χ1v) is 6.22. The molecular formula is C14H22N2O. The third kappa shape index (κ3) is 5.00. The Morgan fingerprint density at radius 3 is 2.53 bits per heavy atom. The molecule has 0 bridgehead atoms. The van der Waals surface area contributed by atoms with Crippen molar-refractivity contribution in [3.63, 3.8) is 0 Å². The van der Waals surface area contributed by atoms with Crippen molar-refractivity contribution in [3.8, 4) is 0 Å². The van der Waals surface area contributed by atoms with Crippen molar-refractivity contribution in [2.24, 2.45) is 11.7 Å². The minimum Gasteiger partial charge on any atom is -0.330 e. The van der Waals surface area contributed by atoms with Gasteiger partial charge in [-0.25, -0.2) is 0 Å². The molecule has 0 saturated carbocycles. The summed E-state index contributed by atoms with van der Waals surface area (Å²) < 4.78 is 0. The summed E-state index contributed by atoms with van der Waals surface area (Å²) in [5, 5.41) is 2.90. The zero-order valence-corrected chi connectivity index (χ0v) is 10.7. The molecule has 3 nitrogen and oxygen atoms in total. The summed E-state index contributed by atoms with van der Waals surface area (Å²) in [7, 11) is 0. The fraction of sp³-hybridized carbons (Fsp3) is 0.500. The molecule has 17 heavy (non-hydrogen) atoms. The first kappa shape index (κ1) is 13.7. The molecule has 1 amide bonds. The minimum absolute atomic E-state index is 0.0535. The lowest BCUT2D eigenvalue weighted by molar-refractivity contribution is -0.117. The highest BCUT2D eigenvalue weighted by Crippen LogP contribution is 2.13. The largest absolute Gasteiger partial charge is 0.330 e. The first-order chi connectivity index (χ1) is 8.15. The van der Waals surface area contributed by atoms with E-state index in [1.807, 2.05) is 31.2 Å². The van der Waals surface area contributed by atoms with E-state index in [2.05, 4.69) is 12.2 Å². The van der Waals surface area contributed by atoms with Crippen molar-refractivity contribution in [2.75, 3.05) is 11.9 Å². The van der Waals surface area contributed by atoms with Crippen LogP contribution in [-0.2, 0) is 4.79 Å². The van der Waals surface area contributed by atoms with E-state index in [1.54, 1.807) is 0 Å². The quantitative estimate of drug-likeness (QED) is 0.795. The van der Waals surface area contributed by atoms with Gasteiger partial charge in [-0.3, -0.25) is 4.79 Å². The molecule has 1 unspecified atom stereocenters. The molecule has 1 aromatic rings. The summed E-state index contributed by atoms with van der Waals surface area (Å²) in [5.41, 5.74) is 7.68. The molecule has 1 atom stereocenters. The van der Waals surface area contributed by atoms with E-state index in [9.17, 15) is 4.79 Å². The highest BCUT2D eigenvalue weighted by molar-refractivity contribution is 5.90. The van der Waals surface area contributed by atoms with Gasteiger partial charge in [0.15, 0.2) is 0 Å². The van der Waals surface area contributed by atoms with Crippen molar-refractivity contribution < 1.29 is 4.79 Å². The predicted octanol–water partition coefficient (Wildman–Crippen LogP) is 2.70. The van der Waals surface area contributed by atoms with Gasteiger partial charge < -0.3 is 11.1 Å². The summed E-state index contributed by atoms with van der Waals surface area (Å²) >= 11 is 0. The number of rotatable bonds is 6. The number of anilines is 1. The molecule has 0 fully saturated rings.